The van der Waals surface area contributed by atoms with E-state index in [1.165, 1.54) is 24.3 Å². The summed E-state index contributed by atoms with van der Waals surface area (Å²) in [6.45, 7) is 0. The molecule has 1 aliphatic rings. The highest BCUT2D eigenvalue weighted by Crippen LogP contribution is 2.38. The van der Waals surface area contributed by atoms with E-state index in [9.17, 15) is 31.5 Å². The van der Waals surface area contributed by atoms with Crippen LogP contribution in [0.4, 0.5) is 18.9 Å². The summed E-state index contributed by atoms with van der Waals surface area (Å²) in [5.41, 5.74) is -1.64. The molecule has 1 fully saturated rings. The van der Waals surface area contributed by atoms with Crippen LogP contribution in [-0.2, 0) is 27.2 Å². The van der Waals surface area contributed by atoms with Gasteiger partial charge in [-0.25, -0.2) is 8.42 Å². The molecule has 0 aromatic heterocycles. The number of aliphatic hydroxyl groups is 1. The number of alkyl halides is 3. The molecule has 2 N–H and O–H groups in total. The number of sulfone groups is 1. The molecule has 1 unspecified atom stereocenters. The molecule has 1 amide bonds. The number of carbonyl (C=O) groups is 1. The summed E-state index contributed by atoms with van der Waals surface area (Å²) in [5, 5.41) is 23.4. The van der Waals surface area contributed by atoms with Crippen LogP contribution in [0.2, 0.25) is 0 Å². The van der Waals surface area contributed by atoms with E-state index in [2.05, 4.69) is 5.32 Å². The van der Waals surface area contributed by atoms with Crippen LogP contribution in [-0.4, -0.2) is 31.3 Å². The van der Waals surface area contributed by atoms with Gasteiger partial charge in [0.2, 0.25) is 0 Å². The average Bonchev–Trinajstić information content (AvgIpc) is 2.92. The second kappa shape index (κ2) is 11.4. The Morgan fingerprint density at radius 1 is 1.00 bits per heavy atom. The lowest BCUT2D eigenvalue weighted by molar-refractivity contribution is -0.142. The minimum absolute atomic E-state index is 0.0683. The van der Waals surface area contributed by atoms with Crippen molar-refractivity contribution in [1.29, 1.82) is 5.26 Å². The molecule has 210 valence electrons. The smallest absolute Gasteiger partial charge is 0.379 e. The molecule has 4 rings (SSSR count). The predicted octanol–water partition coefficient (Wildman–Crippen LogP) is 6.14. The fourth-order valence-electron chi connectivity index (χ4n) is 5.25. The highest BCUT2D eigenvalue weighted by atomic mass is 32.2. The number of hydrogen-bond acceptors (Lipinski definition) is 5. The molecule has 0 saturated heterocycles. The molecule has 0 bridgehead atoms. The third-order valence-corrected chi connectivity index (χ3v) is 8.52. The molecule has 6 nitrogen and oxygen atoms in total. The lowest BCUT2D eigenvalue weighted by Crippen LogP contribution is -2.51. The number of nitrogens with zero attached hydrogens (tertiary/aromatic N) is 1. The SMILES string of the molecule is CS(=O)(=O)c1ccc(-c2cccc(CC(O)(C(=O)Nc3ccc(C#N)c(C(F)(F)F)c3)C3CCCCC3)c2)cc1. The lowest BCUT2D eigenvalue weighted by atomic mass is 9.73. The molecule has 0 spiro atoms. The molecular weight excluding hydrogens is 541 g/mol. The molecule has 0 aliphatic heterocycles. The van der Waals surface area contributed by atoms with Crippen molar-refractivity contribution in [3.63, 3.8) is 0 Å². The van der Waals surface area contributed by atoms with Gasteiger partial charge in [-0.1, -0.05) is 55.7 Å². The molecule has 3 aromatic carbocycles. The molecule has 40 heavy (non-hydrogen) atoms. The summed E-state index contributed by atoms with van der Waals surface area (Å²) in [4.78, 5) is 13.8. The van der Waals surface area contributed by atoms with Gasteiger partial charge in [-0.15, -0.1) is 0 Å². The number of hydrogen-bond donors (Lipinski definition) is 2. The van der Waals surface area contributed by atoms with Crippen LogP contribution in [0.15, 0.2) is 71.6 Å². The van der Waals surface area contributed by atoms with Crippen molar-refractivity contribution in [2.24, 2.45) is 5.92 Å². The molecule has 10 heteroatoms. The van der Waals surface area contributed by atoms with Gasteiger partial charge in [-0.05, 0) is 65.8 Å². The number of carbonyl (C=O) groups excluding carboxylic acids is 1. The van der Waals surface area contributed by atoms with E-state index in [0.717, 1.165) is 42.7 Å². The maximum atomic E-state index is 13.6. The minimum Gasteiger partial charge on any atom is -0.379 e. The third-order valence-electron chi connectivity index (χ3n) is 7.39. The van der Waals surface area contributed by atoms with Gasteiger partial charge in [0.15, 0.2) is 9.84 Å². The Hall–Kier alpha value is -3.68. The molecule has 1 atom stereocenters. The highest BCUT2D eigenvalue weighted by molar-refractivity contribution is 7.90. The maximum Gasteiger partial charge on any atom is 0.417 e. The van der Waals surface area contributed by atoms with Crippen molar-refractivity contribution in [2.45, 2.75) is 55.2 Å². The summed E-state index contributed by atoms with van der Waals surface area (Å²) >= 11 is 0. The van der Waals surface area contributed by atoms with Gasteiger partial charge >= 0.3 is 6.18 Å². The number of benzene rings is 3. The maximum absolute atomic E-state index is 13.6. The molecule has 0 heterocycles. The quantitative estimate of drug-likeness (QED) is 0.355. The first-order chi connectivity index (χ1) is 18.8. The van der Waals surface area contributed by atoms with Crippen molar-refractivity contribution >= 4 is 21.4 Å². The van der Waals surface area contributed by atoms with E-state index in [0.29, 0.717) is 24.5 Å². The Labute approximate surface area is 231 Å². The Morgan fingerprint density at radius 2 is 1.68 bits per heavy atom. The van der Waals surface area contributed by atoms with Crippen LogP contribution < -0.4 is 5.32 Å². The van der Waals surface area contributed by atoms with Crippen LogP contribution in [0.3, 0.4) is 0 Å². The number of rotatable bonds is 7. The first-order valence-electron chi connectivity index (χ1n) is 12.9. The topological polar surface area (TPSA) is 107 Å². The van der Waals surface area contributed by atoms with Crippen LogP contribution in [0.5, 0.6) is 0 Å². The summed E-state index contributed by atoms with van der Waals surface area (Å²) < 4.78 is 64.0. The van der Waals surface area contributed by atoms with Crippen molar-refractivity contribution in [3.8, 4) is 17.2 Å². The second-order valence-corrected chi connectivity index (χ2v) is 12.3. The number of anilines is 1. The third kappa shape index (κ3) is 6.54. The van der Waals surface area contributed by atoms with Gasteiger partial charge in [0, 0.05) is 18.4 Å². The molecule has 1 saturated carbocycles. The lowest BCUT2D eigenvalue weighted by Gasteiger charge is -2.37. The Morgan fingerprint density at radius 3 is 2.27 bits per heavy atom. The van der Waals surface area contributed by atoms with E-state index in [1.54, 1.807) is 30.3 Å². The fraction of sp³-hybridized carbons (Fsp3) is 0.333. The molecular formula is C30H29F3N2O4S. The van der Waals surface area contributed by atoms with E-state index in [-0.39, 0.29) is 17.0 Å². The monoisotopic (exact) mass is 570 g/mol. The Balaban J connectivity index is 1.65. The number of halogens is 3. The van der Waals surface area contributed by atoms with Gasteiger partial charge in [0.1, 0.15) is 5.60 Å². The zero-order valence-corrected chi connectivity index (χ0v) is 22.6. The normalized spacial score (nSPS) is 16.1. The first kappa shape index (κ1) is 29.3. The second-order valence-electron chi connectivity index (χ2n) is 10.3. The van der Waals surface area contributed by atoms with Gasteiger partial charge < -0.3 is 10.4 Å². The van der Waals surface area contributed by atoms with Crippen molar-refractivity contribution in [2.75, 3.05) is 11.6 Å². The van der Waals surface area contributed by atoms with E-state index >= 15 is 0 Å². The standard InChI is InChI=1S/C30H29F3N2O4S/c1-40(38,39)26-14-11-21(12-15-26)22-7-5-6-20(16-22)18-29(37,24-8-3-2-4-9-24)28(36)35-25-13-10-23(19-34)27(17-25)30(31,32)33/h5-7,10-17,24,37H,2-4,8-9,18H2,1H3,(H,35,36). The van der Waals surface area contributed by atoms with Crippen molar-refractivity contribution in [1.82, 2.24) is 0 Å². The van der Waals surface area contributed by atoms with Gasteiger partial charge in [-0.2, -0.15) is 18.4 Å². The average molecular weight is 571 g/mol. The number of amides is 1. The molecule has 1 aliphatic carbocycles. The zero-order valence-electron chi connectivity index (χ0n) is 21.8. The van der Waals surface area contributed by atoms with E-state index in [1.807, 2.05) is 6.07 Å². The molecule has 0 radical (unpaired) electrons. The number of nitriles is 1. The Bertz CT molecular complexity index is 1540. The van der Waals surface area contributed by atoms with Crippen LogP contribution in [0, 0.1) is 17.2 Å². The summed E-state index contributed by atoms with van der Waals surface area (Å²) in [5.74, 6) is -1.21. The van der Waals surface area contributed by atoms with Gasteiger partial charge in [0.05, 0.1) is 22.1 Å². The van der Waals surface area contributed by atoms with Gasteiger partial charge in [-0.3, -0.25) is 4.79 Å². The fourth-order valence-corrected chi connectivity index (χ4v) is 5.88. The van der Waals surface area contributed by atoms with E-state index in [4.69, 9.17) is 5.26 Å². The summed E-state index contributed by atoms with van der Waals surface area (Å²) in [6, 6.07) is 18.0. The van der Waals surface area contributed by atoms with Crippen molar-refractivity contribution < 1.29 is 31.5 Å². The summed E-state index contributed by atoms with van der Waals surface area (Å²) in [6.07, 6.45) is 0.0749. The number of nitrogens with one attached hydrogen (secondary N) is 1. The largest absolute Gasteiger partial charge is 0.417 e. The van der Waals surface area contributed by atoms with Crippen LogP contribution >= 0.6 is 0 Å². The first-order valence-corrected chi connectivity index (χ1v) is 14.7. The predicted molar refractivity (Wildman–Crippen MR) is 145 cm³/mol. The van der Waals surface area contributed by atoms with Gasteiger partial charge in [0.25, 0.3) is 5.91 Å². The van der Waals surface area contributed by atoms with E-state index < -0.39 is 44.6 Å². The van der Waals surface area contributed by atoms with Crippen LogP contribution in [0.1, 0.15) is 48.8 Å². The summed E-state index contributed by atoms with van der Waals surface area (Å²) in [7, 11) is -3.35. The zero-order chi connectivity index (χ0) is 29.1. The highest BCUT2D eigenvalue weighted by Gasteiger charge is 2.44. The van der Waals surface area contributed by atoms with Crippen LogP contribution in [0.25, 0.3) is 11.1 Å². The van der Waals surface area contributed by atoms with Crippen molar-refractivity contribution in [3.05, 3.63) is 83.4 Å². The molecule has 3 aromatic rings. The minimum atomic E-state index is -4.79. The Kier molecular flexibility index (Phi) is 8.38.